The van der Waals surface area contributed by atoms with E-state index >= 15 is 0 Å². The smallest absolute Gasteiger partial charge is 0.161 e. The first-order chi connectivity index (χ1) is 13.7. The van der Waals surface area contributed by atoms with Crippen LogP contribution in [0, 0.1) is 5.82 Å². The Balaban J connectivity index is 1.78. The van der Waals surface area contributed by atoms with Crippen LogP contribution in [0.4, 0.5) is 4.39 Å². The third-order valence-corrected chi connectivity index (χ3v) is 5.41. The number of rotatable bonds is 5. The van der Waals surface area contributed by atoms with Crippen LogP contribution in [0.15, 0.2) is 60.8 Å². The molecule has 0 amide bonds. The molecule has 0 aliphatic carbocycles. The predicted octanol–water partition coefficient (Wildman–Crippen LogP) is 4.64. The lowest BCUT2D eigenvalue weighted by atomic mass is 10.00. The molecule has 0 radical (unpaired) electrons. The molecule has 0 spiro atoms. The highest BCUT2D eigenvalue weighted by atomic mass is 19.1. The maximum Gasteiger partial charge on any atom is 0.161 e. The lowest BCUT2D eigenvalue weighted by molar-refractivity contribution is 0.217. The molecule has 0 fully saturated rings. The summed E-state index contributed by atoms with van der Waals surface area (Å²) in [6.07, 6.45) is 3.13. The van der Waals surface area contributed by atoms with Crippen LogP contribution >= 0.6 is 0 Å². The summed E-state index contributed by atoms with van der Waals surface area (Å²) in [6, 6.07) is 17.3. The molecule has 28 heavy (non-hydrogen) atoms. The quantitative estimate of drug-likeness (QED) is 0.645. The highest BCUT2D eigenvalue weighted by Gasteiger charge is 2.28. The van der Waals surface area contributed by atoms with Crippen LogP contribution < -0.4 is 9.47 Å². The van der Waals surface area contributed by atoms with Crippen LogP contribution in [0.3, 0.4) is 0 Å². The molecule has 1 aliphatic heterocycles. The number of ether oxygens (including phenoxy) is 2. The average Bonchev–Trinajstić information content (AvgIpc) is 3.10. The molecule has 5 heteroatoms. The van der Waals surface area contributed by atoms with Crippen molar-refractivity contribution in [1.29, 1.82) is 0 Å². The van der Waals surface area contributed by atoms with Crippen molar-refractivity contribution in [2.75, 3.05) is 20.8 Å². The molecule has 1 aliphatic rings. The molecule has 0 bridgehead atoms. The molecule has 0 saturated heterocycles. The molecule has 4 nitrogen and oxygen atoms in total. The summed E-state index contributed by atoms with van der Waals surface area (Å²) < 4.78 is 27.6. The maximum atomic E-state index is 14.4. The number of halogens is 1. The van der Waals surface area contributed by atoms with E-state index in [0.717, 1.165) is 25.1 Å². The van der Waals surface area contributed by atoms with E-state index in [2.05, 4.69) is 33.9 Å². The number of methoxy groups -OCH3 is 2. The minimum absolute atomic E-state index is 0.0110. The van der Waals surface area contributed by atoms with Crippen LogP contribution in [-0.4, -0.2) is 30.2 Å². The summed E-state index contributed by atoms with van der Waals surface area (Å²) in [5.74, 6) is 1.25. The van der Waals surface area contributed by atoms with Crippen LogP contribution in [-0.2, 0) is 13.1 Å². The van der Waals surface area contributed by atoms with Gasteiger partial charge in [0.1, 0.15) is 5.82 Å². The summed E-state index contributed by atoms with van der Waals surface area (Å²) in [5.41, 5.74) is 3.03. The molecule has 2 aromatic carbocycles. The van der Waals surface area contributed by atoms with Gasteiger partial charge >= 0.3 is 0 Å². The van der Waals surface area contributed by atoms with Gasteiger partial charge in [-0.1, -0.05) is 24.3 Å². The molecule has 1 atom stereocenters. The highest BCUT2D eigenvalue weighted by Crippen LogP contribution is 2.37. The highest BCUT2D eigenvalue weighted by molar-refractivity contribution is 5.45. The van der Waals surface area contributed by atoms with Crippen LogP contribution in [0.25, 0.3) is 0 Å². The van der Waals surface area contributed by atoms with Crippen molar-refractivity contribution in [3.8, 4) is 11.5 Å². The lowest BCUT2D eigenvalue weighted by Crippen LogP contribution is -2.30. The standard InChI is InChI=1S/C23H25FN2O2/c1-27-21-11-10-17(15-22(21)28-2)23-20-9-5-12-25(20)13-6-14-26(23)16-18-7-3-4-8-19(18)24/h3-5,7-12,15,23H,6,13-14,16H2,1-2H3/t23-/m1/s1. The Morgan fingerprint density at radius 2 is 1.79 bits per heavy atom. The maximum absolute atomic E-state index is 14.4. The first-order valence-electron chi connectivity index (χ1n) is 9.55. The zero-order valence-electron chi connectivity index (χ0n) is 16.3. The van der Waals surface area contributed by atoms with Gasteiger partial charge in [0, 0.05) is 37.1 Å². The number of hydrogen-bond acceptors (Lipinski definition) is 3. The summed E-state index contributed by atoms with van der Waals surface area (Å²) in [6.45, 7) is 2.39. The van der Waals surface area contributed by atoms with E-state index in [9.17, 15) is 4.39 Å². The first-order valence-corrected chi connectivity index (χ1v) is 9.55. The van der Waals surface area contributed by atoms with E-state index in [1.54, 1.807) is 20.3 Å². The molecule has 0 saturated carbocycles. The Kier molecular flexibility index (Phi) is 5.35. The zero-order chi connectivity index (χ0) is 19.5. The van der Waals surface area contributed by atoms with Gasteiger partial charge in [-0.15, -0.1) is 0 Å². The molecule has 1 aromatic heterocycles. The van der Waals surface area contributed by atoms with Crippen molar-refractivity contribution < 1.29 is 13.9 Å². The SMILES string of the molecule is COc1ccc([C@@H]2c3cccn3CCCN2Cc2ccccc2F)cc1OC. The fourth-order valence-electron chi connectivity index (χ4n) is 4.06. The van der Waals surface area contributed by atoms with Gasteiger partial charge < -0.3 is 14.0 Å². The second-order valence-electron chi connectivity index (χ2n) is 7.06. The molecule has 4 rings (SSSR count). The number of fused-ring (bicyclic) bond motifs is 1. The van der Waals surface area contributed by atoms with Gasteiger partial charge in [0.2, 0.25) is 0 Å². The fourth-order valence-corrected chi connectivity index (χ4v) is 4.06. The molecule has 2 heterocycles. The summed E-state index contributed by atoms with van der Waals surface area (Å²) in [4.78, 5) is 2.35. The third kappa shape index (κ3) is 3.50. The molecule has 0 N–H and O–H groups in total. The van der Waals surface area contributed by atoms with Crippen LogP contribution in [0.2, 0.25) is 0 Å². The zero-order valence-corrected chi connectivity index (χ0v) is 16.3. The lowest BCUT2D eigenvalue weighted by Gasteiger charge is -2.31. The van der Waals surface area contributed by atoms with Gasteiger partial charge in [-0.05, 0) is 42.3 Å². The van der Waals surface area contributed by atoms with E-state index < -0.39 is 0 Å². The van der Waals surface area contributed by atoms with Gasteiger partial charge in [0.05, 0.1) is 20.3 Å². The average molecular weight is 380 g/mol. The van der Waals surface area contributed by atoms with Crippen molar-refractivity contribution >= 4 is 0 Å². The Labute approximate surface area is 165 Å². The van der Waals surface area contributed by atoms with Gasteiger partial charge in [0.15, 0.2) is 11.5 Å². The summed E-state index contributed by atoms with van der Waals surface area (Å²) in [7, 11) is 3.29. The van der Waals surface area contributed by atoms with Crippen molar-refractivity contribution in [3.05, 3.63) is 83.4 Å². The Bertz CT molecular complexity index is 953. The van der Waals surface area contributed by atoms with Crippen LogP contribution in [0.5, 0.6) is 11.5 Å². The van der Waals surface area contributed by atoms with Gasteiger partial charge in [-0.3, -0.25) is 4.90 Å². The number of aromatic nitrogens is 1. The monoisotopic (exact) mass is 380 g/mol. The Morgan fingerprint density at radius 3 is 2.57 bits per heavy atom. The molecular weight excluding hydrogens is 355 g/mol. The summed E-state index contributed by atoms with van der Waals surface area (Å²) >= 11 is 0. The predicted molar refractivity (Wildman–Crippen MR) is 107 cm³/mol. The minimum Gasteiger partial charge on any atom is -0.493 e. The second kappa shape index (κ2) is 8.07. The fraction of sp³-hybridized carbons (Fsp3) is 0.304. The number of hydrogen-bond donors (Lipinski definition) is 0. The van der Waals surface area contributed by atoms with E-state index in [1.807, 2.05) is 24.3 Å². The largest absolute Gasteiger partial charge is 0.493 e. The topological polar surface area (TPSA) is 26.6 Å². The van der Waals surface area contributed by atoms with Crippen molar-refractivity contribution in [3.63, 3.8) is 0 Å². The first kappa shape index (κ1) is 18.6. The third-order valence-electron chi connectivity index (χ3n) is 5.41. The Morgan fingerprint density at radius 1 is 0.964 bits per heavy atom. The van der Waals surface area contributed by atoms with Gasteiger partial charge in [-0.25, -0.2) is 4.39 Å². The van der Waals surface area contributed by atoms with Crippen molar-refractivity contribution in [2.24, 2.45) is 0 Å². The van der Waals surface area contributed by atoms with Crippen molar-refractivity contribution in [1.82, 2.24) is 9.47 Å². The number of benzene rings is 2. The van der Waals surface area contributed by atoms with E-state index in [4.69, 9.17) is 9.47 Å². The van der Waals surface area contributed by atoms with Crippen LogP contribution in [0.1, 0.15) is 29.3 Å². The molecular formula is C23H25FN2O2. The normalized spacial score (nSPS) is 17.0. The summed E-state index contributed by atoms with van der Waals surface area (Å²) in [5, 5.41) is 0. The molecule has 0 unspecified atom stereocenters. The second-order valence-corrected chi connectivity index (χ2v) is 7.06. The van der Waals surface area contributed by atoms with Gasteiger partial charge in [-0.2, -0.15) is 0 Å². The Hall–Kier alpha value is -2.79. The van der Waals surface area contributed by atoms with Crippen molar-refractivity contribution in [2.45, 2.75) is 25.6 Å². The van der Waals surface area contributed by atoms with Gasteiger partial charge in [0.25, 0.3) is 0 Å². The molecule has 146 valence electrons. The number of nitrogens with zero attached hydrogens (tertiary/aromatic N) is 2. The number of aryl methyl sites for hydroxylation is 1. The molecule has 3 aromatic rings. The van der Waals surface area contributed by atoms with E-state index in [-0.39, 0.29) is 11.9 Å². The minimum atomic E-state index is -0.159. The van der Waals surface area contributed by atoms with E-state index in [0.29, 0.717) is 23.6 Å². The van der Waals surface area contributed by atoms with E-state index in [1.165, 1.54) is 11.8 Å².